The number of hydrogen-bond donors (Lipinski definition) is 3. The van der Waals surface area contributed by atoms with E-state index in [9.17, 15) is 4.79 Å². The van der Waals surface area contributed by atoms with Gasteiger partial charge in [-0.2, -0.15) is 0 Å². The Bertz CT molecular complexity index is 524. The molecule has 0 spiro atoms. The largest absolute Gasteiger partial charge is 0.465 e. The summed E-state index contributed by atoms with van der Waals surface area (Å²) >= 11 is 3.40. The molecular weight excluding hydrogens is 334 g/mol. The van der Waals surface area contributed by atoms with Crippen molar-refractivity contribution in [2.45, 2.75) is 39.7 Å². The third-order valence-electron chi connectivity index (χ3n) is 3.99. The molecular formula is C15H22BrN3O2. The monoisotopic (exact) mass is 355 g/mol. The maximum absolute atomic E-state index is 11.1. The maximum Gasteiger partial charge on any atom is 0.404 e. The van der Waals surface area contributed by atoms with E-state index in [1.54, 1.807) is 12.4 Å². The van der Waals surface area contributed by atoms with Gasteiger partial charge in [0.25, 0.3) is 0 Å². The number of carbonyl (C=O) groups is 1. The van der Waals surface area contributed by atoms with Gasteiger partial charge in [-0.1, -0.05) is 20.8 Å². The normalized spacial score (nSPS) is 17.9. The molecule has 1 fully saturated rings. The van der Waals surface area contributed by atoms with Crippen molar-refractivity contribution in [3.63, 3.8) is 0 Å². The Kier molecular flexibility index (Phi) is 4.46. The second-order valence-electron chi connectivity index (χ2n) is 6.86. The minimum atomic E-state index is -0.953. The molecule has 1 aliphatic carbocycles. The zero-order valence-electron chi connectivity index (χ0n) is 12.6. The van der Waals surface area contributed by atoms with Crippen LogP contribution in [-0.4, -0.2) is 28.8 Å². The summed E-state index contributed by atoms with van der Waals surface area (Å²) in [4.78, 5) is 15.2. The lowest BCUT2D eigenvalue weighted by Crippen LogP contribution is -2.51. The van der Waals surface area contributed by atoms with Crippen molar-refractivity contribution in [2.24, 2.45) is 10.8 Å². The second-order valence-corrected chi connectivity index (χ2v) is 7.77. The number of nitrogens with zero attached hydrogens (tertiary/aromatic N) is 1. The summed E-state index contributed by atoms with van der Waals surface area (Å²) in [5.41, 5.74) is 0.809. The summed E-state index contributed by atoms with van der Waals surface area (Å²) < 4.78 is 0.924. The van der Waals surface area contributed by atoms with Crippen molar-refractivity contribution in [3.8, 4) is 0 Å². The molecule has 1 atom stereocenters. The summed E-state index contributed by atoms with van der Waals surface area (Å²) in [6, 6.07) is 1.90. The van der Waals surface area contributed by atoms with Gasteiger partial charge in [-0.25, -0.2) is 4.79 Å². The summed E-state index contributed by atoms with van der Waals surface area (Å²) in [5.74, 6) is 0. The standard InChI is InChI=1S/C15H22BrN3O2/c1-14(2,3)12(19-13(20)21)15(4-5-15)9-18-11-6-10(16)7-17-8-11/h6-8,12,18-19H,4-5,9H2,1-3H3,(H,20,21). The molecule has 116 valence electrons. The number of amides is 1. The number of pyridine rings is 1. The first-order valence-corrected chi connectivity index (χ1v) is 7.86. The predicted molar refractivity (Wildman–Crippen MR) is 86.5 cm³/mol. The molecule has 1 aromatic heterocycles. The topological polar surface area (TPSA) is 74.2 Å². The molecule has 1 heterocycles. The molecule has 0 radical (unpaired) electrons. The summed E-state index contributed by atoms with van der Waals surface area (Å²) in [6.45, 7) is 6.98. The molecule has 2 rings (SSSR count). The van der Waals surface area contributed by atoms with Crippen LogP contribution < -0.4 is 10.6 Å². The second kappa shape index (κ2) is 5.83. The molecule has 0 saturated heterocycles. The lowest BCUT2D eigenvalue weighted by molar-refractivity contribution is 0.148. The molecule has 0 aromatic carbocycles. The third-order valence-corrected chi connectivity index (χ3v) is 4.42. The van der Waals surface area contributed by atoms with Crippen molar-refractivity contribution in [1.82, 2.24) is 10.3 Å². The van der Waals surface area contributed by atoms with Crippen LogP contribution in [-0.2, 0) is 0 Å². The average Bonchev–Trinajstić information content (AvgIpc) is 3.13. The number of hydrogen-bond acceptors (Lipinski definition) is 3. The predicted octanol–water partition coefficient (Wildman–Crippen LogP) is 3.72. The van der Waals surface area contributed by atoms with Gasteiger partial charge in [0.2, 0.25) is 0 Å². The van der Waals surface area contributed by atoms with E-state index in [0.717, 1.165) is 29.5 Å². The Hall–Kier alpha value is -1.30. The Balaban J connectivity index is 2.07. The molecule has 21 heavy (non-hydrogen) atoms. The van der Waals surface area contributed by atoms with Gasteiger partial charge in [0.15, 0.2) is 0 Å². The molecule has 1 aliphatic rings. The fourth-order valence-corrected chi connectivity index (χ4v) is 3.29. The van der Waals surface area contributed by atoms with E-state index in [4.69, 9.17) is 5.11 Å². The molecule has 1 aromatic rings. The zero-order valence-corrected chi connectivity index (χ0v) is 14.2. The fraction of sp³-hybridized carbons (Fsp3) is 0.600. The highest BCUT2D eigenvalue weighted by Gasteiger charge is 2.53. The molecule has 1 unspecified atom stereocenters. The van der Waals surface area contributed by atoms with Crippen molar-refractivity contribution in [3.05, 3.63) is 22.9 Å². The van der Waals surface area contributed by atoms with Crippen LogP contribution in [0.1, 0.15) is 33.6 Å². The van der Waals surface area contributed by atoms with E-state index in [1.807, 2.05) is 6.07 Å². The van der Waals surface area contributed by atoms with Crippen molar-refractivity contribution >= 4 is 27.7 Å². The van der Waals surface area contributed by atoms with Crippen LogP contribution in [0.2, 0.25) is 0 Å². The highest BCUT2D eigenvalue weighted by Crippen LogP contribution is 2.53. The van der Waals surface area contributed by atoms with Gasteiger partial charge in [-0.05, 0) is 40.3 Å². The highest BCUT2D eigenvalue weighted by molar-refractivity contribution is 9.10. The first-order chi connectivity index (χ1) is 9.73. The van der Waals surface area contributed by atoms with Gasteiger partial charge in [-0.3, -0.25) is 4.98 Å². The molecule has 6 heteroatoms. The first-order valence-electron chi connectivity index (χ1n) is 7.07. The SMILES string of the molecule is CC(C)(C)C(NC(=O)O)C1(CNc2cncc(Br)c2)CC1. The minimum absolute atomic E-state index is 0.0149. The Labute approximate surface area is 133 Å². The summed E-state index contributed by atoms with van der Waals surface area (Å²) in [7, 11) is 0. The van der Waals surface area contributed by atoms with E-state index >= 15 is 0 Å². The molecule has 0 aliphatic heterocycles. The van der Waals surface area contributed by atoms with Crippen LogP contribution in [0.5, 0.6) is 0 Å². The minimum Gasteiger partial charge on any atom is -0.465 e. The number of halogens is 1. The number of carboxylic acid groups (broad SMARTS) is 1. The van der Waals surface area contributed by atoms with Crippen LogP contribution in [0, 0.1) is 10.8 Å². The highest BCUT2D eigenvalue weighted by atomic mass is 79.9. The van der Waals surface area contributed by atoms with E-state index in [2.05, 4.69) is 52.3 Å². The number of rotatable bonds is 5. The number of nitrogens with one attached hydrogen (secondary N) is 2. The Morgan fingerprint density at radius 3 is 2.62 bits per heavy atom. The lowest BCUT2D eigenvalue weighted by atomic mass is 9.76. The van der Waals surface area contributed by atoms with Crippen LogP contribution in [0.15, 0.2) is 22.9 Å². The zero-order chi connectivity index (χ0) is 15.7. The van der Waals surface area contributed by atoms with E-state index in [-0.39, 0.29) is 16.9 Å². The number of anilines is 1. The molecule has 1 amide bonds. The summed E-state index contributed by atoms with van der Waals surface area (Å²) in [5, 5.41) is 15.2. The van der Waals surface area contributed by atoms with E-state index < -0.39 is 6.09 Å². The fourth-order valence-electron chi connectivity index (χ4n) is 2.93. The van der Waals surface area contributed by atoms with E-state index in [1.165, 1.54) is 0 Å². The van der Waals surface area contributed by atoms with Crippen LogP contribution in [0.4, 0.5) is 10.5 Å². The van der Waals surface area contributed by atoms with Crippen LogP contribution >= 0.6 is 15.9 Å². The smallest absolute Gasteiger partial charge is 0.404 e. The third kappa shape index (κ3) is 4.09. The van der Waals surface area contributed by atoms with Gasteiger partial charge in [0.05, 0.1) is 11.9 Å². The molecule has 1 saturated carbocycles. The Morgan fingerprint density at radius 1 is 1.48 bits per heavy atom. The van der Waals surface area contributed by atoms with Crippen molar-refractivity contribution < 1.29 is 9.90 Å². The van der Waals surface area contributed by atoms with Gasteiger partial charge in [-0.15, -0.1) is 0 Å². The maximum atomic E-state index is 11.1. The van der Waals surface area contributed by atoms with Gasteiger partial charge < -0.3 is 15.7 Å². The van der Waals surface area contributed by atoms with E-state index in [0.29, 0.717) is 0 Å². The van der Waals surface area contributed by atoms with Gasteiger partial charge >= 0.3 is 6.09 Å². The lowest BCUT2D eigenvalue weighted by Gasteiger charge is -2.37. The van der Waals surface area contributed by atoms with Crippen LogP contribution in [0.25, 0.3) is 0 Å². The molecule has 5 nitrogen and oxygen atoms in total. The first kappa shape index (κ1) is 16.1. The van der Waals surface area contributed by atoms with Gasteiger partial charge in [0, 0.05) is 28.7 Å². The Morgan fingerprint density at radius 2 is 2.14 bits per heavy atom. The number of aromatic nitrogens is 1. The summed E-state index contributed by atoms with van der Waals surface area (Å²) in [6.07, 6.45) is 4.62. The average molecular weight is 356 g/mol. The van der Waals surface area contributed by atoms with Crippen LogP contribution in [0.3, 0.4) is 0 Å². The molecule has 3 N–H and O–H groups in total. The van der Waals surface area contributed by atoms with Gasteiger partial charge in [0.1, 0.15) is 0 Å². The molecule has 0 bridgehead atoms. The quantitative estimate of drug-likeness (QED) is 0.752. The van der Waals surface area contributed by atoms with Crippen molar-refractivity contribution in [2.75, 3.05) is 11.9 Å². The van der Waals surface area contributed by atoms with Crippen molar-refractivity contribution in [1.29, 1.82) is 0 Å².